The zero-order chi connectivity index (χ0) is 11.5. The van der Waals surface area contributed by atoms with Gasteiger partial charge in [-0.05, 0) is 12.1 Å². The second-order valence-corrected chi connectivity index (χ2v) is 3.68. The van der Waals surface area contributed by atoms with E-state index in [1.54, 1.807) is 24.3 Å². The third-order valence-corrected chi connectivity index (χ3v) is 2.45. The summed E-state index contributed by atoms with van der Waals surface area (Å²) in [6.45, 7) is -0.0598. The molecule has 1 aromatic rings. The van der Waals surface area contributed by atoms with Crippen LogP contribution in [0.15, 0.2) is 30.3 Å². The SMILES string of the molecule is O[C@H]1[C@@H](Oc2ccccc2)OC[C@@H](O)[C@H]1O. The van der Waals surface area contributed by atoms with Crippen LogP contribution in [0, 0.1) is 0 Å². The summed E-state index contributed by atoms with van der Waals surface area (Å²) < 4.78 is 10.4. The number of aliphatic hydroxyl groups excluding tert-OH is 3. The highest BCUT2D eigenvalue weighted by Gasteiger charge is 2.38. The van der Waals surface area contributed by atoms with Gasteiger partial charge in [0.05, 0.1) is 6.61 Å². The normalized spacial score (nSPS) is 34.7. The van der Waals surface area contributed by atoms with Gasteiger partial charge < -0.3 is 24.8 Å². The molecule has 1 aromatic carbocycles. The average Bonchev–Trinajstić information content (AvgIpc) is 2.31. The molecule has 0 saturated carbocycles. The maximum absolute atomic E-state index is 9.61. The first-order valence-corrected chi connectivity index (χ1v) is 5.06. The first kappa shape index (κ1) is 11.3. The quantitative estimate of drug-likeness (QED) is 0.634. The van der Waals surface area contributed by atoms with Gasteiger partial charge in [0.2, 0.25) is 6.29 Å². The molecular weight excluding hydrogens is 212 g/mol. The number of aliphatic hydroxyl groups is 3. The molecule has 0 unspecified atom stereocenters. The van der Waals surface area contributed by atoms with E-state index in [0.29, 0.717) is 5.75 Å². The van der Waals surface area contributed by atoms with Crippen LogP contribution < -0.4 is 4.74 Å². The predicted molar refractivity (Wildman–Crippen MR) is 54.8 cm³/mol. The van der Waals surface area contributed by atoms with Crippen LogP contribution in [-0.4, -0.2) is 46.5 Å². The molecule has 1 aliphatic rings. The number of hydrogen-bond acceptors (Lipinski definition) is 5. The van der Waals surface area contributed by atoms with Gasteiger partial charge in [0.25, 0.3) is 0 Å². The highest BCUT2D eigenvalue weighted by molar-refractivity contribution is 5.21. The Bertz CT molecular complexity index is 328. The summed E-state index contributed by atoms with van der Waals surface area (Å²) in [6, 6.07) is 8.84. The van der Waals surface area contributed by atoms with E-state index >= 15 is 0 Å². The Kier molecular flexibility index (Phi) is 3.40. The Balaban J connectivity index is 2.00. The maximum Gasteiger partial charge on any atom is 0.228 e. The van der Waals surface area contributed by atoms with Gasteiger partial charge >= 0.3 is 0 Å². The monoisotopic (exact) mass is 226 g/mol. The lowest BCUT2D eigenvalue weighted by Gasteiger charge is -2.34. The van der Waals surface area contributed by atoms with E-state index in [2.05, 4.69) is 0 Å². The highest BCUT2D eigenvalue weighted by Crippen LogP contribution is 2.19. The van der Waals surface area contributed by atoms with E-state index < -0.39 is 24.6 Å². The van der Waals surface area contributed by atoms with Crippen molar-refractivity contribution >= 4 is 0 Å². The van der Waals surface area contributed by atoms with Gasteiger partial charge in [-0.25, -0.2) is 0 Å². The van der Waals surface area contributed by atoms with Crippen molar-refractivity contribution in [2.75, 3.05) is 6.61 Å². The van der Waals surface area contributed by atoms with E-state index in [4.69, 9.17) is 9.47 Å². The van der Waals surface area contributed by atoms with Crippen LogP contribution in [0.5, 0.6) is 5.75 Å². The Morgan fingerprint density at radius 2 is 1.75 bits per heavy atom. The van der Waals surface area contributed by atoms with Crippen LogP contribution >= 0.6 is 0 Å². The summed E-state index contributed by atoms with van der Waals surface area (Å²) in [4.78, 5) is 0. The standard InChI is InChI=1S/C11H14O5/c12-8-6-15-11(10(14)9(8)13)16-7-4-2-1-3-5-7/h1-5,8-14H,6H2/t8-,9-,10-,11-/m1/s1. The average molecular weight is 226 g/mol. The van der Waals surface area contributed by atoms with Crippen LogP contribution in [0.25, 0.3) is 0 Å². The lowest BCUT2D eigenvalue weighted by Crippen LogP contribution is -2.54. The molecule has 1 aliphatic heterocycles. The fraction of sp³-hybridized carbons (Fsp3) is 0.455. The van der Waals surface area contributed by atoms with Gasteiger partial charge in [0.15, 0.2) is 0 Å². The molecule has 88 valence electrons. The summed E-state index contributed by atoms with van der Waals surface area (Å²) in [5, 5.41) is 28.3. The van der Waals surface area contributed by atoms with E-state index in [-0.39, 0.29) is 6.61 Å². The topological polar surface area (TPSA) is 79.2 Å². The van der Waals surface area contributed by atoms with Gasteiger partial charge in [-0.1, -0.05) is 18.2 Å². The smallest absolute Gasteiger partial charge is 0.228 e. The molecule has 5 heteroatoms. The largest absolute Gasteiger partial charge is 0.462 e. The molecule has 1 heterocycles. The van der Waals surface area contributed by atoms with Crippen LogP contribution in [0.1, 0.15) is 0 Å². The van der Waals surface area contributed by atoms with E-state index in [1.165, 1.54) is 0 Å². The Morgan fingerprint density at radius 3 is 2.44 bits per heavy atom. The second-order valence-electron chi connectivity index (χ2n) is 3.68. The molecule has 2 rings (SSSR count). The van der Waals surface area contributed by atoms with Crippen molar-refractivity contribution in [3.8, 4) is 5.75 Å². The zero-order valence-electron chi connectivity index (χ0n) is 8.56. The molecule has 16 heavy (non-hydrogen) atoms. The van der Waals surface area contributed by atoms with Crippen LogP contribution in [-0.2, 0) is 4.74 Å². The number of hydrogen-bond donors (Lipinski definition) is 3. The van der Waals surface area contributed by atoms with Crippen molar-refractivity contribution in [3.63, 3.8) is 0 Å². The summed E-state index contributed by atoms with van der Waals surface area (Å²) in [6.07, 6.45) is -4.54. The van der Waals surface area contributed by atoms with Crippen molar-refractivity contribution < 1.29 is 24.8 Å². The summed E-state index contributed by atoms with van der Waals surface area (Å²) >= 11 is 0. The molecule has 0 aliphatic carbocycles. The van der Waals surface area contributed by atoms with Gasteiger partial charge in [0.1, 0.15) is 24.1 Å². The molecular formula is C11H14O5. The third-order valence-electron chi connectivity index (χ3n) is 2.45. The van der Waals surface area contributed by atoms with Crippen molar-refractivity contribution in [1.82, 2.24) is 0 Å². The van der Waals surface area contributed by atoms with Crippen molar-refractivity contribution in [2.24, 2.45) is 0 Å². The molecule has 1 fully saturated rings. The fourth-order valence-electron chi connectivity index (χ4n) is 1.52. The Morgan fingerprint density at radius 1 is 1.06 bits per heavy atom. The van der Waals surface area contributed by atoms with E-state index in [9.17, 15) is 15.3 Å². The first-order valence-electron chi connectivity index (χ1n) is 5.06. The van der Waals surface area contributed by atoms with Crippen molar-refractivity contribution in [2.45, 2.75) is 24.6 Å². The van der Waals surface area contributed by atoms with Crippen LogP contribution in [0.3, 0.4) is 0 Å². The molecule has 0 spiro atoms. The fourth-order valence-corrected chi connectivity index (χ4v) is 1.52. The molecule has 0 bridgehead atoms. The lowest BCUT2D eigenvalue weighted by molar-refractivity contribution is -0.242. The second kappa shape index (κ2) is 4.80. The number of ether oxygens (including phenoxy) is 2. The summed E-state index contributed by atoms with van der Waals surface area (Å²) in [5.41, 5.74) is 0. The lowest BCUT2D eigenvalue weighted by atomic mass is 10.1. The third kappa shape index (κ3) is 2.33. The summed E-state index contributed by atoms with van der Waals surface area (Å²) in [7, 11) is 0. The maximum atomic E-state index is 9.61. The summed E-state index contributed by atoms with van der Waals surface area (Å²) in [5.74, 6) is 0.537. The Labute approximate surface area is 92.9 Å². The minimum absolute atomic E-state index is 0.0598. The van der Waals surface area contributed by atoms with E-state index in [0.717, 1.165) is 0 Å². The van der Waals surface area contributed by atoms with Gasteiger partial charge in [0, 0.05) is 0 Å². The minimum Gasteiger partial charge on any atom is -0.462 e. The molecule has 5 nitrogen and oxygen atoms in total. The molecule has 0 amide bonds. The molecule has 4 atom stereocenters. The van der Waals surface area contributed by atoms with Gasteiger partial charge in [-0.3, -0.25) is 0 Å². The highest BCUT2D eigenvalue weighted by atomic mass is 16.7. The Hall–Kier alpha value is -1.14. The first-order chi connectivity index (χ1) is 7.68. The van der Waals surface area contributed by atoms with E-state index in [1.807, 2.05) is 6.07 Å². The van der Waals surface area contributed by atoms with Crippen LogP contribution in [0.4, 0.5) is 0 Å². The van der Waals surface area contributed by atoms with Gasteiger partial charge in [-0.2, -0.15) is 0 Å². The van der Waals surface area contributed by atoms with Crippen LogP contribution in [0.2, 0.25) is 0 Å². The molecule has 3 N–H and O–H groups in total. The van der Waals surface area contributed by atoms with Crippen molar-refractivity contribution in [1.29, 1.82) is 0 Å². The minimum atomic E-state index is -1.26. The number of benzene rings is 1. The molecule has 1 saturated heterocycles. The number of para-hydroxylation sites is 1. The number of rotatable bonds is 2. The molecule has 0 radical (unpaired) electrons. The zero-order valence-corrected chi connectivity index (χ0v) is 8.56. The van der Waals surface area contributed by atoms with Crippen molar-refractivity contribution in [3.05, 3.63) is 30.3 Å². The predicted octanol–water partition coefficient (Wildman–Crippen LogP) is -0.496. The van der Waals surface area contributed by atoms with Gasteiger partial charge in [-0.15, -0.1) is 0 Å². The molecule has 0 aromatic heterocycles.